The molecule has 2 rings (SSSR count). The van der Waals surface area contributed by atoms with Crippen molar-refractivity contribution in [3.8, 4) is 16.9 Å². The number of hydrogen-bond acceptors (Lipinski definition) is 4. The van der Waals surface area contributed by atoms with E-state index >= 15 is 0 Å². The predicted molar refractivity (Wildman–Crippen MR) is 94.8 cm³/mol. The maximum atomic E-state index is 12.3. The molecule has 0 spiro atoms. The summed E-state index contributed by atoms with van der Waals surface area (Å²) in [6.45, 7) is 4.13. The van der Waals surface area contributed by atoms with E-state index in [9.17, 15) is 9.59 Å². The SMILES string of the molecule is COc1ccc(-c2cc(C(=O)NCC(C)CC(=O)O)sc2C)cc1. The Balaban J connectivity index is 2.07. The fourth-order valence-electron chi connectivity index (χ4n) is 2.38. The van der Waals surface area contributed by atoms with Crippen LogP contribution in [0, 0.1) is 12.8 Å². The number of amides is 1. The third-order valence-corrected chi connectivity index (χ3v) is 4.73. The summed E-state index contributed by atoms with van der Waals surface area (Å²) in [5.74, 6) is -0.337. The van der Waals surface area contributed by atoms with E-state index in [4.69, 9.17) is 9.84 Å². The van der Waals surface area contributed by atoms with E-state index < -0.39 is 5.97 Å². The molecule has 1 atom stereocenters. The van der Waals surface area contributed by atoms with Crippen molar-refractivity contribution in [2.24, 2.45) is 5.92 Å². The highest BCUT2D eigenvalue weighted by molar-refractivity contribution is 7.14. The number of benzene rings is 1. The number of thiophene rings is 1. The zero-order valence-electron chi connectivity index (χ0n) is 14.0. The van der Waals surface area contributed by atoms with Gasteiger partial charge in [0.15, 0.2) is 0 Å². The molecule has 0 aliphatic heterocycles. The number of ether oxygens (including phenoxy) is 1. The highest BCUT2D eigenvalue weighted by Crippen LogP contribution is 2.32. The van der Waals surface area contributed by atoms with Gasteiger partial charge in [-0.1, -0.05) is 19.1 Å². The number of nitrogens with one attached hydrogen (secondary N) is 1. The summed E-state index contributed by atoms with van der Waals surface area (Å²) in [5.41, 5.74) is 2.05. The average Bonchev–Trinajstić information content (AvgIpc) is 2.94. The van der Waals surface area contributed by atoms with Crippen LogP contribution in [0.25, 0.3) is 11.1 Å². The third kappa shape index (κ3) is 4.58. The van der Waals surface area contributed by atoms with Gasteiger partial charge in [-0.15, -0.1) is 11.3 Å². The van der Waals surface area contributed by atoms with Crippen molar-refractivity contribution in [2.75, 3.05) is 13.7 Å². The number of hydrogen-bond donors (Lipinski definition) is 2. The summed E-state index contributed by atoms with van der Waals surface area (Å²) in [5, 5.41) is 11.6. The van der Waals surface area contributed by atoms with Gasteiger partial charge in [0, 0.05) is 17.8 Å². The molecule has 0 aliphatic carbocycles. The standard InChI is InChI=1S/C18H21NO4S/c1-11(8-17(20)21)10-19-18(22)16-9-15(12(2)24-16)13-4-6-14(23-3)7-5-13/h4-7,9,11H,8,10H2,1-3H3,(H,19,22)(H,20,21). The fraction of sp³-hybridized carbons (Fsp3) is 0.333. The van der Waals surface area contributed by atoms with E-state index in [1.54, 1.807) is 14.0 Å². The first-order valence-corrected chi connectivity index (χ1v) is 8.47. The van der Waals surface area contributed by atoms with Crippen LogP contribution in [0.15, 0.2) is 30.3 Å². The van der Waals surface area contributed by atoms with Crippen LogP contribution in [-0.4, -0.2) is 30.6 Å². The van der Waals surface area contributed by atoms with Crippen LogP contribution in [-0.2, 0) is 4.79 Å². The molecule has 0 radical (unpaired) electrons. The molecular formula is C18H21NO4S. The van der Waals surface area contributed by atoms with Crippen LogP contribution in [0.3, 0.4) is 0 Å². The molecule has 24 heavy (non-hydrogen) atoms. The largest absolute Gasteiger partial charge is 0.497 e. The highest BCUT2D eigenvalue weighted by Gasteiger charge is 2.15. The average molecular weight is 347 g/mol. The van der Waals surface area contributed by atoms with Gasteiger partial charge in [-0.05, 0) is 42.2 Å². The summed E-state index contributed by atoms with van der Waals surface area (Å²) in [4.78, 5) is 24.6. The molecule has 0 fully saturated rings. The second-order valence-electron chi connectivity index (χ2n) is 5.72. The number of aliphatic carboxylic acids is 1. The first kappa shape index (κ1) is 18.0. The van der Waals surface area contributed by atoms with E-state index in [0.29, 0.717) is 11.4 Å². The van der Waals surface area contributed by atoms with Gasteiger partial charge in [-0.3, -0.25) is 9.59 Å². The van der Waals surface area contributed by atoms with Crippen molar-refractivity contribution >= 4 is 23.2 Å². The van der Waals surface area contributed by atoms with Crippen LogP contribution >= 0.6 is 11.3 Å². The smallest absolute Gasteiger partial charge is 0.303 e. The summed E-state index contributed by atoms with van der Waals surface area (Å²) in [6, 6.07) is 9.58. The monoisotopic (exact) mass is 347 g/mol. The maximum Gasteiger partial charge on any atom is 0.303 e. The van der Waals surface area contributed by atoms with E-state index in [2.05, 4.69) is 5.32 Å². The van der Waals surface area contributed by atoms with Gasteiger partial charge >= 0.3 is 5.97 Å². The summed E-state index contributed by atoms with van der Waals surface area (Å²) in [7, 11) is 1.62. The van der Waals surface area contributed by atoms with Crippen LogP contribution < -0.4 is 10.1 Å². The molecule has 1 amide bonds. The number of rotatable bonds is 7. The number of carboxylic acid groups (broad SMARTS) is 1. The van der Waals surface area contributed by atoms with Crippen LogP contribution in [0.2, 0.25) is 0 Å². The van der Waals surface area contributed by atoms with Gasteiger partial charge in [0.05, 0.1) is 12.0 Å². The van der Waals surface area contributed by atoms with Gasteiger partial charge in [-0.2, -0.15) is 0 Å². The lowest BCUT2D eigenvalue weighted by Crippen LogP contribution is -2.28. The molecule has 2 aromatic rings. The molecule has 128 valence electrons. The Labute approximate surface area is 145 Å². The van der Waals surface area contributed by atoms with E-state index in [-0.39, 0.29) is 18.2 Å². The van der Waals surface area contributed by atoms with Crippen molar-refractivity contribution in [1.82, 2.24) is 5.32 Å². The topological polar surface area (TPSA) is 75.6 Å². The summed E-state index contributed by atoms with van der Waals surface area (Å²) >= 11 is 1.43. The molecule has 2 N–H and O–H groups in total. The Morgan fingerprint density at radius 3 is 2.54 bits per heavy atom. The lowest BCUT2D eigenvalue weighted by Gasteiger charge is -2.09. The van der Waals surface area contributed by atoms with Crippen molar-refractivity contribution in [3.05, 3.63) is 40.1 Å². The molecule has 1 aromatic heterocycles. The van der Waals surface area contributed by atoms with E-state index in [1.165, 1.54) is 11.3 Å². The second-order valence-corrected chi connectivity index (χ2v) is 6.98. The zero-order valence-corrected chi connectivity index (χ0v) is 14.8. The van der Waals surface area contributed by atoms with Crippen LogP contribution in [0.4, 0.5) is 0 Å². The van der Waals surface area contributed by atoms with Gasteiger partial charge in [0.25, 0.3) is 5.91 Å². The molecule has 1 aromatic carbocycles. The van der Waals surface area contributed by atoms with E-state index in [1.807, 2.05) is 37.3 Å². The maximum absolute atomic E-state index is 12.3. The number of carbonyl (C=O) groups is 2. The molecule has 0 saturated heterocycles. The molecule has 0 saturated carbocycles. The van der Waals surface area contributed by atoms with Gasteiger partial charge < -0.3 is 15.2 Å². The first-order valence-electron chi connectivity index (χ1n) is 7.65. The second kappa shape index (κ2) is 7.97. The number of aryl methyl sites for hydroxylation is 1. The minimum Gasteiger partial charge on any atom is -0.497 e. The molecule has 1 heterocycles. The lowest BCUT2D eigenvalue weighted by molar-refractivity contribution is -0.137. The number of carbonyl (C=O) groups excluding carboxylic acids is 1. The van der Waals surface area contributed by atoms with E-state index in [0.717, 1.165) is 21.8 Å². The fourth-order valence-corrected chi connectivity index (χ4v) is 3.33. The van der Waals surface area contributed by atoms with Crippen LogP contribution in [0.1, 0.15) is 27.9 Å². The molecular weight excluding hydrogens is 326 g/mol. The van der Waals surface area contributed by atoms with Crippen molar-refractivity contribution in [2.45, 2.75) is 20.3 Å². The van der Waals surface area contributed by atoms with Crippen molar-refractivity contribution in [1.29, 1.82) is 0 Å². The molecule has 0 aliphatic rings. The summed E-state index contributed by atoms with van der Waals surface area (Å²) < 4.78 is 5.16. The quantitative estimate of drug-likeness (QED) is 0.803. The third-order valence-electron chi connectivity index (χ3n) is 3.68. The first-order chi connectivity index (χ1) is 11.4. The summed E-state index contributed by atoms with van der Waals surface area (Å²) in [6.07, 6.45) is 0.0425. The molecule has 5 nitrogen and oxygen atoms in total. The Morgan fingerprint density at radius 2 is 1.96 bits per heavy atom. The molecule has 6 heteroatoms. The minimum atomic E-state index is -0.856. The molecule has 0 bridgehead atoms. The normalized spacial score (nSPS) is 11.8. The number of methoxy groups -OCH3 is 1. The zero-order chi connectivity index (χ0) is 17.7. The Hall–Kier alpha value is -2.34. The molecule has 1 unspecified atom stereocenters. The van der Waals surface area contributed by atoms with Crippen molar-refractivity contribution < 1.29 is 19.4 Å². The highest BCUT2D eigenvalue weighted by atomic mass is 32.1. The van der Waals surface area contributed by atoms with Gasteiger partial charge in [0.1, 0.15) is 5.75 Å². The van der Waals surface area contributed by atoms with Crippen LogP contribution in [0.5, 0.6) is 5.75 Å². The lowest BCUT2D eigenvalue weighted by atomic mass is 10.1. The van der Waals surface area contributed by atoms with Gasteiger partial charge in [0.2, 0.25) is 0 Å². The number of carboxylic acids is 1. The van der Waals surface area contributed by atoms with Crippen molar-refractivity contribution in [3.63, 3.8) is 0 Å². The predicted octanol–water partition coefficient (Wildman–Crippen LogP) is 3.57. The Kier molecular flexibility index (Phi) is 5.98. The Morgan fingerprint density at radius 1 is 1.29 bits per heavy atom. The minimum absolute atomic E-state index is 0.0425. The van der Waals surface area contributed by atoms with Gasteiger partial charge in [-0.25, -0.2) is 0 Å². The Bertz CT molecular complexity index is 721.